The third-order valence-corrected chi connectivity index (χ3v) is 4.17. The number of hydrogen-bond donors (Lipinski definition) is 1. The van der Waals surface area contributed by atoms with E-state index < -0.39 is 0 Å². The summed E-state index contributed by atoms with van der Waals surface area (Å²) in [7, 11) is 0. The smallest absolute Gasteiger partial charge is 0.0991 e. The average Bonchev–Trinajstić information content (AvgIpc) is 2.89. The summed E-state index contributed by atoms with van der Waals surface area (Å²) in [5, 5.41) is 12.5. The van der Waals surface area contributed by atoms with Gasteiger partial charge in [-0.25, -0.2) is 0 Å². The quantitative estimate of drug-likeness (QED) is 0.828. The molecule has 1 N–H and O–H groups in total. The van der Waals surface area contributed by atoms with Gasteiger partial charge in [0, 0.05) is 5.69 Å². The Morgan fingerprint density at radius 1 is 1.10 bits per heavy atom. The lowest BCUT2D eigenvalue weighted by Gasteiger charge is -2.20. The van der Waals surface area contributed by atoms with Crippen LogP contribution in [0.5, 0.6) is 0 Å². The monoisotopic (exact) mass is 276 g/mol. The van der Waals surface area contributed by atoms with Crippen LogP contribution in [0, 0.1) is 11.3 Å². The largest absolute Gasteiger partial charge is 0.378 e. The van der Waals surface area contributed by atoms with Crippen LogP contribution < -0.4 is 5.32 Å². The number of nitrogens with zero attached hydrogens (tertiary/aromatic N) is 1. The van der Waals surface area contributed by atoms with E-state index >= 15 is 0 Å². The first-order valence-corrected chi connectivity index (χ1v) is 7.37. The third-order valence-electron chi connectivity index (χ3n) is 4.17. The molecule has 1 unspecified atom stereocenters. The van der Waals surface area contributed by atoms with E-state index in [9.17, 15) is 0 Å². The molecular weight excluding hydrogens is 256 g/mol. The lowest BCUT2D eigenvalue weighted by molar-refractivity contribution is 0.589. The van der Waals surface area contributed by atoms with Gasteiger partial charge in [-0.15, -0.1) is 0 Å². The molecule has 0 spiro atoms. The van der Waals surface area contributed by atoms with Gasteiger partial charge in [-0.2, -0.15) is 5.26 Å². The Balaban J connectivity index is 1.83. The van der Waals surface area contributed by atoms with Gasteiger partial charge in [-0.1, -0.05) is 45.0 Å². The van der Waals surface area contributed by atoms with E-state index in [1.807, 2.05) is 18.2 Å². The highest BCUT2D eigenvalue weighted by molar-refractivity contribution is 5.60. The first kappa shape index (κ1) is 13.7. The summed E-state index contributed by atoms with van der Waals surface area (Å²) < 4.78 is 0. The fourth-order valence-corrected chi connectivity index (χ4v) is 2.85. The summed E-state index contributed by atoms with van der Waals surface area (Å²) in [5.41, 5.74) is 5.97. The number of benzene rings is 2. The van der Waals surface area contributed by atoms with Crippen molar-refractivity contribution >= 4 is 5.69 Å². The Bertz CT molecular complexity index is 700. The number of nitrogens with one attached hydrogen (secondary N) is 1. The van der Waals surface area contributed by atoms with Gasteiger partial charge in [0.1, 0.15) is 0 Å². The van der Waals surface area contributed by atoms with Crippen molar-refractivity contribution in [2.45, 2.75) is 38.6 Å². The van der Waals surface area contributed by atoms with Crippen molar-refractivity contribution in [2.24, 2.45) is 0 Å². The Morgan fingerprint density at radius 2 is 1.81 bits per heavy atom. The van der Waals surface area contributed by atoms with Crippen molar-refractivity contribution in [1.29, 1.82) is 5.26 Å². The van der Waals surface area contributed by atoms with Crippen LogP contribution in [-0.2, 0) is 11.8 Å². The predicted octanol–water partition coefficient (Wildman–Crippen LogP) is 4.57. The molecule has 0 saturated carbocycles. The maximum atomic E-state index is 8.99. The molecule has 21 heavy (non-hydrogen) atoms. The van der Waals surface area contributed by atoms with E-state index in [2.05, 4.69) is 56.4 Å². The molecule has 0 fully saturated rings. The molecule has 0 aromatic heterocycles. The van der Waals surface area contributed by atoms with Gasteiger partial charge in [0.05, 0.1) is 17.7 Å². The van der Waals surface area contributed by atoms with Gasteiger partial charge >= 0.3 is 0 Å². The molecule has 2 aromatic rings. The van der Waals surface area contributed by atoms with E-state index in [0.29, 0.717) is 6.04 Å². The Hall–Kier alpha value is -2.27. The van der Waals surface area contributed by atoms with Gasteiger partial charge in [0.25, 0.3) is 0 Å². The molecule has 2 heteroatoms. The fourth-order valence-electron chi connectivity index (χ4n) is 2.85. The zero-order valence-electron chi connectivity index (χ0n) is 12.8. The SMILES string of the molecule is CC(C)(C)c1ccc(C2Cc3cc(C#N)ccc3N2)cc1. The van der Waals surface area contributed by atoms with Crippen LogP contribution in [0.1, 0.15) is 49.1 Å². The number of nitriles is 1. The van der Waals surface area contributed by atoms with E-state index in [4.69, 9.17) is 5.26 Å². The average molecular weight is 276 g/mol. The zero-order valence-corrected chi connectivity index (χ0v) is 12.8. The highest BCUT2D eigenvalue weighted by Crippen LogP contribution is 2.35. The van der Waals surface area contributed by atoms with Crippen molar-refractivity contribution in [2.75, 3.05) is 5.32 Å². The van der Waals surface area contributed by atoms with Gasteiger partial charge < -0.3 is 5.32 Å². The molecule has 0 saturated heterocycles. The summed E-state index contributed by atoms with van der Waals surface area (Å²) in [4.78, 5) is 0. The minimum Gasteiger partial charge on any atom is -0.378 e. The van der Waals surface area contributed by atoms with E-state index in [1.165, 1.54) is 16.7 Å². The zero-order chi connectivity index (χ0) is 15.0. The molecule has 0 aliphatic carbocycles. The first-order valence-electron chi connectivity index (χ1n) is 7.37. The summed E-state index contributed by atoms with van der Waals surface area (Å²) in [6.45, 7) is 6.69. The number of rotatable bonds is 1. The van der Waals surface area contributed by atoms with E-state index in [-0.39, 0.29) is 5.41 Å². The molecule has 0 bridgehead atoms. The molecule has 2 nitrogen and oxygen atoms in total. The molecule has 1 atom stereocenters. The normalized spacial score (nSPS) is 17.0. The summed E-state index contributed by atoms with van der Waals surface area (Å²) in [6.07, 6.45) is 0.944. The minimum absolute atomic E-state index is 0.187. The van der Waals surface area contributed by atoms with Crippen LogP contribution in [0.4, 0.5) is 5.69 Å². The van der Waals surface area contributed by atoms with Crippen molar-refractivity contribution in [3.63, 3.8) is 0 Å². The second-order valence-electron chi connectivity index (χ2n) is 6.76. The van der Waals surface area contributed by atoms with E-state index in [0.717, 1.165) is 17.7 Å². The van der Waals surface area contributed by atoms with Gasteiger partial charge in [0.2, 0.25) is 0 Å². The second kappa shape index (κ2) is 4.93. The van der Waals surface area contributed by atoms with Crippen LogP contribution >= 0.6 is 0 Å². The van der Waals surface area contributed by atoms with Gasteiger partial charge in [-0.3, -0.25) is 0 Å². The lowest BCUT2D eigenvalue weighted by Crippen LogP contribution is -2.12. The standard InChI is InChI=1S/C19H20N2/c1-19(2,3)16-7-5-14(6-8-16)18-11-15-10-13(12-20)4-9-17(15)21-18/h4-10,18,21H,11H2,1-3H3. The second-order valence-corrected chi connectivity index (χ2v) is 6.76. The van der Waals surface area contributed by atoms with Gasteiger partial charge in [-0.05, 0) is 46.7 Å². The van der Waals surface area contributed by atoms with Crippen LogP contribution in [-0.4, -0.2) is 0 Å². The number of anilines is 1. The summed E-state index contributed by atoms with van der Waals surface area (Å²) in [5.74, 6) is 0. The topological polar surface area (TPSA) is 35.8 Å². The molecule has 1 heterocycles. The van der Waals surface area contributed by atoms with E-state index in [1.54, 1.807) is 0 Å². The predicted molar refractivity (Wildman–Crippen MR) is 86.4 cm³/mol. The molecule has 0 radical (unpaired) electrons. The van der Waals surface area contributed by atoms with Crippen LogP contribution in [0.15, 0.2) is 42.5 Å². The number of fused-ring (bicyclic) bond motifs is 1. The van der Waals surface area contributed by atoms with Crippen molar-refractivity contribution in [1.82, 2.24) is 0 Å². The molecule has 106 valence electrons. The molecule has 0 amide bonds. The van der Waals surface area contributed by atoms with Crippen LogP contribution in [0.25, 0.3) is 0 Å². The molecular formula is C19H20N2. The van der Waals surface area contributed by atoms with Crippen LogP contribution in [0.2, 0.25) is 0 Å². The highest BCUT2D eigenvalue weighted by atomic mass is 14.9. The molecule has 3 rings (SSSR count). The first-order chi connectivity index (χ1) is 9.97. The third kappa shape index (κ3) is 2.64. The maximum absolute atomic E-state index is 8.99. The highest BCUT2D eigenvalue weighted by Gasteiger charge is 2.22. The Morgan fingerprint density at radius 3 is 2.43 bits per heavy atom. The molecule has 1 aliphatic rings. The summed E-state index contributed by atoms with van der Waals surface area (Å²) in [6, 6.07) is 17.3. The molecule has 2 aromatic carbocycles. The molecule has 1 aliphatic heterocycles. The fraction of sp³-hybridized carbons (Fsp3) is 0.316. The van der Waals surface area contributed by atoms with Crippen molar-refractivity contribution in [3.8, 4) is 6.07 Å². The number of hydrogen-bond acceptors (Lipinski definition) is 2. The Kier molecular flexibility index (Phi) is 3.22. The summed E-state index contributed by atoms with van der Waals surface area (Å²) >= 11 is 0. The lowest BCUT2D eigenvalue weighted by atomic mass is 9.86. The van der Waals surface area contributed by atoms with Crippen molar-refractivity contribution < 1.29 is 0 Å². The van der Waals surface area contributed by atoms with Crippen LogP contribution in [0.3, 0.4) is 0 Å². The maximum Gasteiger partial charge on any atom is 0.0991 e. The van der Waals surface area contributed by atoms with Gasteiger partial charge in [0.15, 0.2) is 0 Å². The Labute approximate surface area is 126 Å². The van der Waals surface area contributed by atoms with Crippen molar-refractivity contribution in [3.05, 3.63) is 64.7 Å². The minimum atomic E-state index is 0.187.